The van der Waals surface area contributed by atoms with Crippen molar-refractivity contribution in [2.75, 3.05) is 25.6 Å². The Hall–Kier alpha value is -2.64. The summed E-state index contributed by atoms with van der Waals surface area (Å²) in [5.74, 6) is -0.0638. The molecule has 2 aromatic carbocycles. The Morgan fingerprint density at radius 2 is 1.96 bits per heavy atom. The molecule has 26 heavy (non-hydrogen) atoms. The van der Waals surface area contributed by atoms with Crippen LogP contribution in [-0.2, 0) is 22.5 Å². The van der Waals surface area contributed by atoms with Crippen LogP contribution in [0.25, 0.3) is 0 Å². The zero-order valence-electron chi connectivity index (χ0n) is 14.3. The number of non-ortho nitro benzene ring substituents is 1. The average Bonchev–Trinajstić information content (AvgIpc) is 2.62. The molecule has 0 saturated heterocycles. The van der Waals surface area contributed by atoms with Crippen LogP contribution in [-0.4, -0.2) is 31.1 Å². The van der Waals surface area contributed by atoms with Gasteiger partial charge in [0.05, 0.1) is 18.0 Å². The number of carbonyl (C=O) groups is 1. The van der Waals surface area contributed by atoms with Gasteiger partial charge in [0.1, 0.15) is 0 Å². The number of nitro benzene ring substituents is 1. The summed E-state index contributed by atoms with van der Waals surface area (Å²) >= 11 is 6.09. The van der Waals surface area contributed by atoms with E-state index in [1.165, 1.54) is 18.2 Å². The van der Waals surface area contributed by atoms with Crippen LogP contribution in [0.2, 0.25) is 5.02 Å². The zero-order chi connectivity index (χ0) is 18.9. The molecule has 0 atom stereocenters. The first-order chi connectivity index (χ1) is 12.5. The first kappa shape index (κ1) is 19.7. The lowest BCUT2D eigenvalue weighted by Crippen LogP contribution is -2.28. The number of carbonyl (C=O) groups excluding carboxylic acids is 1. The number of hydrogen-bond acceptors (Lipinski definition) is 5. The van der Waals surface area contributed by atoms with Crippen molar-refractivity contribution >= 4 is 28.9 Å². The van der Waals surface area contributed by atoms with Gasteiger partial charge in [-0.15, -0.1) is 0 Å². The molecule has 0 aliphatic rings. The predicted octanol–water partition coefficient (Wildman–Crippen LogP) is 3.17. The molecule has 0 radical (unpaired) electrons. The number of rotatable bonds is 9. The van der Waals surface area contributed by atoms with Crippen LogP contribution in [0.15, 0.2) is 42.5 Å². The smallest absolute Gasteiger partial charge is 0.269 e. The van der Waals surface area contributed by atoms with E-state index in [0.29, 0.717) is 36.7 Å². The molecule has 0 aliphatic carbocycles. The van der Waals surface area contributed by atoms with Gasteiger partial charge in [0.2, 0.25) is 5.91 Å². The Morgan fingerprint density at radius 3 is 2.62 bits per heavy atom. The fourth-order valence-corrected chi connectivity index (χ4v) is 2.47. The number of hydrogen-bond donors (Lipinski definition) is 2. The van der Waals surface area contributed by atoms with Gasteiger partial charge in [-0.05, 0) is 29.3 Å². The Balaban J connectivity index is 1.90. The van der Waals surface area contributed by atoms with Gasteiger partial charge >= 0.3 is 0 Å². The number of methoxy groups -OCH3 is 1. The molecule has 0 unspecified atom stereocenters. The van der Waals surface area contributed by atoms with Gasteiger partial charge in [-0.2, -0.15) is 0 Å². The van der Waals surface area contributed by atoms with Gasteiger partial charge in [-0.25, -0.2) is 0 Å². The summed E-state index contributed by atoms with van der Waals surface area (Å²) in [5, 5.41) is 17.2. The third kappa shape index (κ3) is 6.02. The fraction of sp³-hybridized carbons (Fsp3) is 0.278. The maximum absolute atomic E-state index is 11.8. The van der Waals surface area contributed by atoms with Crippen molar-refractivity contribution in [2.24, 2.45) is 0 Å². The minimum atomic E-state index is -0.452. The van der Waals surface area contributed by atoms with E-state index in [9.17, 15) is 14.9 Å². The quantitative estimate of drug-likeness (QED) is 0.397. The number of amides is 1. The minimum Gasteiger partial charge on any atom is -0.383 e. The molecule has 138 valence electrons. The Labute approximate surface area is 156 Å². The van der Waals surface area contributed by atoms with Crippen molar-refractivity contribution in [2.45, 2.75) is 13.0 Å². The molecule has 0 aliphatic heterocycles. The molecule has 0 heterocycles. The van der Waals surface area contributed by atoms with Gasteiger partial charge < -0.3 is 15.4 Å². The van der Waals surface area contributed by atoms with Gasteiger partial charge in [0.15, 0.2) is 0 Å². The number of anilines is 1. The van der Waals surface area contributed by atoms with Crippen molar-refractivity contribution < 1.29 is 14.5 Å². The molecule has 0 saturated carbocycles. The second-order valence-corrected chi connectivity index (χ2v) is 6.01. The van der Waals surface area contributed by atoms with Gasteiger partial charge in [0.25, 0.3) is 5.69 Å². The second-order valence-electron chi connectivity index (χ2n) is 5.60. The number of nitro groups is 1. The average molecular weight is 378 g/mol. The summed E-state index contributed by atoms with van der Waals surface area (Å²) in [7, 11) is 1.58. The molecule has 7 nitrogen and oxygen atoms in total. The lowest BCUT2D eigenvalue weighted by Gasteiger charge is -2.09. The molecule has 2 aromatic rings. The Bertz CT molecular complexity index is 766. The van der Waals surface area contributed by atoms with E-state index in [0.717, 1.165) is 11.3 Å². The van der Waals surface area contributed by atoms with Crippen LogP contribution in [0.3, 0.4) is 0 Å². The minimum absolute atomic E-state index is 0.000957. The highest BCUT2D eigenvalue weighted by atomic mass is 35.5. The van der Waals surface area contributed by atoms with E-state index in [1.807, 2.05) is 24.3 Å². The molecule has 1 amide bonds. The lowest BCUT2D eigenvalue weighted by molar-refractivity contribution is -0.384. The standard InChI is InChI=1S/C18H20ClN3O4/c1-26-9-8-20-18(23)10-13-2-4-15(5-3-13)21-12-14-11-16(22(24)25)6-7-17(14)19/h2-7,11,21H,8-10,12H2,1H3,(H,20,23). The van der Waals surface area contributed by atoms with Crippen molar-refractivity contribution in [1.82, 2.24) is 5.32 Å². The SMILES string of the molecule is COCCNC(=O)Cc1ccc(NCc2cc([N+](=O)[O-])ccc2Cl)cc1. The maximum Gasteiger partial charge on any atom is 0.269 e. The molecular weight excluding hydrogens is 358 g/mol. The summed E-state index contributed by atoms with van der Waals surface area (Å²) in [6, 6.07) is 11.8. The number of benzene rings is 2. The molecule has 2 rings (SSSR count). The van der Waals surface area contributed by atoms with E-state index < -0.39 is 4.92 Å². The summed E-state index contributed by atoms with van der Waals surface area (Å²) in [6.07, 6.45) is 0.292. The first-order valence-corrected chi connectivity index (χ1v) is 8.38. The Kier molecular flexibility index (Phi) is 7.37. The van der Waals surface area contributed by atoms with Crippen LogP contribution in [0.1, 0.15) is 11.1 Å². The maximum atomic E-state index is 11.8. The largest absolute Gasteiger partial charge is 0.383 e. The van der Waals surface area contributed by atoms with Crippen LogP contribution in [0, 0.1) is 10.1 Å². The van der Waals surface area contributed by atoms with Gasteiger partial charge in [-0.1, -0.05) is 23.7 Å². The molecular formula is C18H20ClN3O4. The number of halogens is 1. The zero-order valence-corrected chi connectivity index (χ0v) is 15.1. The van der Waals surface area contributed by atoms with E-state index in [-0.39, 0.29) is 11.6 Å². The van der Waals surface area contributed by atoms with E-state index in [2.05, 4.69) is 10.6 Å². The van der Waals surface area contributed by atoms with E-state index >= 15 is 0 Å². The molecule has 0 fully saturated rings. The molecule has 0 spiro atoms. The third-order valence-electron chi connectivity index (χ3n) is 3.67. The van der Waals surface area contributed by atoms with Gasteiger partial charge in [0, 0.05) is 43.0 Å². The van der Waals surface area contributed by atoms with Crippen molar-refractivity contribution in [3.63, 3.8) is 0 Å². The summed E-state index contributed by atoms with van der Waals surface area (Å²) in [6.45, 7) is 1.32. The monoisotopic (exact) mass is 377 g/mol. The normalized spacial score (nSPS) is 10.4. The second kappa shape index (κ2) is 9.74. The molecule has 2 N–H and O–H groups in total. The lowest BCUT2D eigenvalue weighted by atomic mass is 10.1. The summed E-state index contributed by atoms with van der Waals surface area (Å²) < 4.78 is 4.88. The molecule has 0 bridgehead atoms. The number of nitrogens with one attached hydrogen (secondary N) is 2. The van der Waals surface area contributed by atoms with Crippen LogP contribution < -0.4 is 10.6 Å². The van der Waals surface area contributed by atoms with Crippen molar-refractivity contribution in [3.05, 3.63) is 68.7 Å². The molecule has 8 heteroatoms. The van der Waals surface area contributed by atoms with Gasteiger partial charge in [-0.3, -0.25) is 14.9 Å². The highest BCUT2D eigenvalue weighted by Crippen LogP contribution is 2.23. The predicted molar refractivity (Wildman–Crippen MR) is 100 cm³/mol. The highest BCUT2D eigenvalue weighted by molar-refractivity contribution is 6.31. The molecule has 0 aromatic heterocycles. The first-order valence-electron chi connectivity index (χ1n) is 8.01. The fourth-order valence-electron chi connectivity index (χ4n) is 2.29. The summed E-state index contributed by atoms with van der Waals surface area (Å²) in [4.78, 5) is 22.2. The Morgan fingerprint density at radius 1 is 1.23 bits per heavy atom. The highest BCUT2D eigenvalue weighted by Gasteiger charge is 2.09. The topological polar surface area (TPSA) is 93.5 Å². The summed E-state index contributed by atoms with van der Waals surface area (Å²) in [5.41, 5.74) is 2.36. The van der Waals surface area contributed by atoms with Crippen molar-refractivity contribution in [1.29, 1.82) is 0 Å². The van der Waals surface area contributed by atoms with Crippen LogP contribution in [0.5, 0.6) is 0 Å². The van der Waals surface area contributed by atoms with E-state index in [1.54, 1.807) is 7.11 Å². The van der Waals surface area contributed by atoms with E-state index in [4.69, 9.17) is 16.3 Å². The number of ether oxygens (including phenoxy) is 1. The number of nitrogens with zero attached hydrogens (tertiary/aromatic N) is 1. The van der Waals surface area contributed by atoms with Crippen molar-refractivity contribution in [3.8, 4) is 0 Å². The van der Waals surface area contributed by atoms with Crippen LogP contribution in [0.4, 0.5) is 11.4 Å². The van der Waals surface area contributed by atoms with Crippen LogP contribution >= 0.6 is 11.6 Å². The third-order valence-corrected chi connectivity index (χ3v) is 4.04.